The summed E-state index contributed by atoms with van der Waals surface area (Å²) in [5, 5.41) is 5.62. The number of hydrogen-bond acceptors (Lipinski definition) is 5. The van der Waals surface area contributed by atoms with Gasteiger partial charge in [0.05, 0.1) is 22.5 Å². The Morgan fingerprint density at radius 1 is 0.833 bits per heavy atom. The van der Waals surface area contributed by atoms with Crippen LogP contribution in [0.3, 0.4) is 0 Å². The van der Waals surface area contributed by atoms with Crippen LogP contribution in [0.4, 0.5) is 0 Å². The minimum absolute atomic E-state index is 0.106. The summed E-state index contributed by atoms with van der Waals surface area (Å²) in [5.74, 6) is -0.573. The van der Waals surface area contributed by atoms with Gasteiger partial charge in [0, 0.05) is 6.08 Å². The zero-order valence-electron chi connectivity index (χ0n) is 15.9. The molecule has 2 amide bonds. The predicted octanol–water partition coefficient (Wildman–Crippen LogP) is 2.18. The van der Waals surface area contributed by atoms with Gasteiger partial charge in [-0.2, -0.15) is 0 Å². The molecular weight excluding hydrogens is 384 g/mol. The molecule has 0 fully saturated rings. The normalized spacial score (nSPS) is 14.9. The molecule has 0 unspecified atom stereocenters. The van der Waals surface area contributed by atoms with Gasteiger partial charge in [0.2, 0.25) is 0 Å². The van der Waals surface area contributed by atoms with Crippen molar-refractivity contribution < 1.29 is 23.9 Å². The van der Waals surface area contributed by atoms with E-state index in [0.29, 0.717) is 33.9 Å². The highest BCUT2D eigenvalue weighted by Crippen LogP contribution is 2.37. The Balaban J connectivity index is 1.55. The number of ether oxygens (including phenoxy) is 2. The topological polar surface area (TPSA) is 93.7 Å². The third-order valence-corrected chi connectivity index (χ3v) is 4.65. The molecule has 2 heterocycles. The van der Waals surface area contributed by atoms with E-state index < -0.39 is 5.97 Å². The number of carbonyl (C=O) groups is 3. The molecule has 4 rings (SSSR count). The van der Waals surface area contributed by atoms with Crippen molar-refractivity contribution in [1.29, 1.82) is 0 Å². The van der Waals surface area contributed by atoms with Crippen LogP contribution in [0.1, 0.15) is 11.1 Å². The smallest absolute Gasteiger partial charge is 0.330 e. The lowest BCUT2D eigenvalue weighted by molar-refractivity contribution is -0.138. The van der Waals surface area contributed by atoms with Gasteiger partial charge in [-0.1, -0.05) is 36.9 Å². The molecule has 2 aromatic rings. The summed E-state index contributed by atoms with van der Waals surface area (Å²) in [6.07, 6.45) is 1.09. The Labute approximate surface area is 172 Å². The average molecular weight is 402 g/mol. The van der Waals surface area contributed by atoms with Crippen LogP contribution < -0.4 is 15.4 Å². The molecule has 0 saturated carbocycles. The Kier molecular flexibility index (Phi) is 5.17. The fourth-order valence-corrected chi connectivity index (χ4v) is 3.30. The number of benzene rings is 2. The summed E-state index contributed by atoms with van der Waals surface area (Å²) < 4.78 is 10.4. The number of fused-ring (bicyclic) bond motifs is 1. The van der Waals surface area contributed by atoms with Gasteiger partial charge in [-0.3, -0.25) is 9.59 Å². The van der Waals surface area contributed by atoms with E-state index in [2.05, 4.69) is 17.2 Å². The van der Waals surface area contributed by atoms with E-state index in [4.69, 9.17) is 9.47 Å². The van der Waals surface area contributed by atoms with Crippen molar-refractivity contribution in [2.45, 2.75) is 0 Å². The first-order valence-electron chi connectivity index (χ1n) is 9.28. The van der Waals surface area contributed by atoms with Crippen LogP contribution in [0, 0.1) is 0 Å². The quantitative estimate of drug-likeness (QED) is 0.421. The standard InChI is InChI=1S/C23H18N2O5/c1-2-17(26)30-13-12-29-16-10-8-15(9-11-16)21-19-18(22(27)25-21)20(24-23(19)28)14-6-4-3-5-7-14/h2-11H,1,12-13H2,(H,24,28)(H,25,27). The van der Waals surface area contributed by atoms with Gasteiger partial charge >= 0.3 is 5.97 Å². The third-order valence-electron chi connectivity index (χ3n) is 4.65. The molecule has 2 N–H and O–H groups in total. The van der Waals surface area contributed by atoms with E-state index in [1.165, 1.54) is 0 Å². The minimum Gasteiger partial charge on any atom is -0.490 e. The molecule has 7 nitrogen and oxygen atoms in total. The molecule has 2 aliphatic rings. The van der Waals surface area contributed by atoms with Gasteiger partial charge in [0.1, 0.15) is 19.0 Å². The molecule has 0 spiro atoms. The van der Waals surface area contributed by atoms with E-state index in [9.17, 15) is 14.4 Å². The van der Waals surface area contributed by atoms with Gasteiger partial charge in [0.15, 0.2) is 0 Å². The highest BCUT2D eigenvalue weighted by atomic mass is 16.6. The van der Waals surface area contributed by atoms with Crippen molar-refractivity contribution in [2.75, 3.05) is 13.2 Å². The van der Waals surface area contributed by atoms with Crippen LogP contribution in [0.5, 0.6) is 5.75 Å². The third kappa shape index (κ3) is 3.60. The minimum atomic E-state index is -0.507. The Morgan fingerprint density at radius 3 is 1.97 bits per heavy atom. The fourth-order valence-electron chi connectivity index (χ4n) is 3.30. The lowest BCUT2D eigenvalue weighted by Gasteiger charge is -2.09. The van der Waals surface area contributed by atoms with Crippen molar-refractivity contribution in [3.05, 3.63) is 89.5 Å². The summed E-state index contributed by atoms with van der Waals surface area (Å²) in [6, 6.07) is 16.2. The zero-order valence-corrected chi connectivity index (χ0v) is 15.9. The number of esters is 1. The Morgan fingerprint density at radius 2 is 1.40 bits per heavy atom. The van der Waals surface area contributed by atoms with Crippen LogP contribution in [-0.2, 0) is 19.1 Å². The highest BCUT2D eigenvalue weighted by molar-refractivity contribution is 6.30. The lowest BCUT2D eigenvalue weighted by atomic mass is 10.0. The van der Waals surface area contributed by atoms with Crippen molar-refractivity contribution in [2.24, 2.45) is 0 Å². The molecule has 7 heteroatoms. The Hall–Kier alpha value is -4.13. The molecule has 0 aromatic heterocycles. The van der Waals surface area contributed by atoms with Gasteiger partial charge in [-0.05, 0) is 35.4 Å². The summed E-state index contributed by atoms with van der Waals surface area (Å²) in [6.45, 7) is 3.62. The van der Waals surface area contributed by atoms with Gasteiger partial charge in [-0.15, -0.1) is 0 Å². The van der Waals surface area contributed by atoms with E-state index in [1.54, 1.807) is 24.3 Å². The molecule has 2 aliphatic heterocycles. The first kappa shape index (κ1) is 19.2. The molecule has 2 aromatic carbocycles. The molecule has 0 aliphatic carbocycles. The second-order valence-electron chi connectivity index (χ2n) is 6.52. The number of hydrogen-bond donors (Lipinski definition) is 2. The van der Waals surface area contributed by atoms with Crippen molar-refractivity contribution in [3.8, 4) is 5.75 Å². The fraction of sp³-hybridized carbons (Fsp3) is 0.0870. The number of nitrogens with one attached hydrogen (secondary N) is 2. The molecule has 150 valence electrons. The maximum Gasteiger partial charge on any atom is 0.330 e. The summed E-state index contributed by atoms with van der Waals surface area (Å²) in [5.41, 5.74) is 3.12. The van der Waals surface area contributed by atoms with E-state index in [0.717, 1.165) is 11.6 Å². The molecule has 0 bridgehead atoms. The van der Waals surface area contributed by atoms with Crippen LogP contribution in [0.15, 0.2) is 78.4 Å². The van der Waals surface area contributed by atoms with Gasteiger partial charge < -0.3 is 20.1 Å². The van der Waals surface area contributed by atoms with E-state index in [1.807, 2.05) is 30.3 Å². The van der Waals surface area contributed by atoms with Gasteiger partial charge in [0.25, 0.3) is 11.8 Å². The molecule has 0 radical (unpaired) electrons. The van der Waals surface area contributed by atoms with Crippen molar-refractivity contribution in [1.82, 2.24) is 10.6 Å². The predicted molar refractivity (Wildman–Crippen MR) is 110 cm³/mol. The largest absolute Gasteiger partial charge is 0.490 e. The average Bonchev–Trinajstić information content (AvgIpc) is 3.30. The molecule has 0 saturated heterocycles. The maximum absolute atomic E-state index is 12.6. The first-order chi connectivity index (χ1) is 14.6. The highest BCUT2D eigenvalue weighted by Gasteiger charge is 2.40. The molecular formula is C23H18N2O5. The first-order valence-corrected chi connectivity index (χ1v) is 9.28. The van der Waals surface area contributed by atoms with Crippen LogP contribution in [-0.4, -0.2) is 31.0 Å². The summed E-state index contributed by atoms with van der Waals surface area (Å²) in [7, 11) is 0. The Bertz CT molecular complexity index is 1100. The number of carbonyl (C=O) groups excluding carboxylic acids is 3. The number of amides is 2. The van der Waals surface area contributed by atoms with E-state index in [-0.39, 0.29) is 25.0 Å². The number of rotatable bonds is 7. The van der Waals surface area contributed by atoms with Crippen LogP contribution >= 0.6 is 0 Å². The SMILES string of the molecule is C=CC(=O)OCCOc1ccc(C2=C3C(=O)NC(c4ccccc4)=C3C(=O)N2)cc1. The zero-order chi connectivity index (χ0) is 21.1. The van der Waals surface area contributed by atoms with Gasteiger partial charge in [-0.25, -0.2) is 4.79 Å². The van der Waals surface area contributed by atoms with Crippen molar-refractivity contribution >= 4 is 29.2 Å². The monoisotopic (exact) mass is 402 g/mol. The van der Waals surface area contributed by atoms with E-state index >= 15 is 0 Å². The second-order valence-corrected chi connectivity index (χ2v) is 6.52. The van der Waals surface area contributed by atoms with Crippen LogP contribution in [0.2, 0.25) is 0 Å². The summed E-state index contributed by atoms with van der Waals surface area (Å²) >= 11 is 0. The molecule has 30 heavy (non-hydrogen) atoms. The second kappa shape index (κ2) is 8.08. The maximum atomic E-state index is 12.6. The molecule has 0 atom stereocenters. The lowest BCUT2D eigenvalue weighted by Crippen LogP contribution is -2.21. The summed E-state index contributed by atoms with van der Waals surface area (Å²) in [4.78, 5) is 36.2. The van der Waals surface area contributed by atoms with Crippen LogP contribution in [0.25, 0.3) is 11.4 Å². The van der Waals surface area contributed by atoms with Crippen molar-refractivity contribution in [3.63, 3.8) is 0 Å².